The Morgan fingerprint density at radius 2 is 1.62 bits per heavy atom. The average molecular weight is 422 g/mol. The van der Waals surface area contributed by atoms with Crippen molar-refractivity contribution in [2.75, 3.05) is 10.2 Å². The van der Waals surface area contributed by atoms with Gasteiger partial charge in [-0.25, -0.2) is 4.79 Å². The number of nitrogens with one attached hydrogen (secondary N) is 2. The van der Waals surface area contributed by atoms with Gasteiger partial charge in [-0.1, -0.05) is 48.0 Å². The van der Waals surface area contributed by atoms with Crippen LogP contribution in [0.25, 0.3) is 0 Å². The first kappa shape index (κ1) is 20.9. The highest BCUT2D eigenvalue weighted by atomic mass is 16.2. The molecular weight excluding hydrogens is 400 g/mol. The first-order valence-corrected chi connectivity index (χ1v) is 10.2. The monoisotopic (exact) mass is 422 g/mol. The van der Waals surface area contributed by atoms with E-state index < -0.39 is 6.04 Å². The van der Waals surface area contributed by atoms with E-state index in [2.05, 4.69) is 16.7 Å². The summed E-state index contributed by atoms with van der Waals surface area (Å²) >= 11 is 0. The summed E-state index contributed by atoms with van der Waals surface area (Å²) in [6.45, 7) is 3.75. The van der Waals surface area contributed by atoms with Gasteiger partial charge >= 0.3 is 6.03 Å². The number of para-hydroxylation sites is 1. The molecule has 3 aromatic carbocycles. The number of nitrogens with zero attached hydrogens (tertiary/aromatic N) is 2. The number of allylic oxidation sites excluding steroid dienone is 1. The molecule has 6 heteroatoms. The van der Waals surface area contributed by atoms with E-state index >= 15 is 0 Å². The number of carbonyl (C=O) groups is 2. The molecule has 1 heterocycles. The molecule has 6 nitrogen and oxygen atoms in total. The van der Waals surface area contributed by atoms with Gasteiger partial charge < -0.3 is 10.6 Å². The number of hydrogen-bond donors (Lipinski definition) is 2. The van der Waals surface area contributed by atoms with Crippen molar-refractivity contribution in [1.29, 1.82) is 5.26 Å². The summed E-state index contributed by atoms with van der Waals surface area (Å²) in [6, 6.07) is 24.7. The standard InChI is InChI=1S/C26H22N4O2/c1-17-8-14-22(15-9-17)30-18(2)23(25(31)28-21-6-4-3-5-7-21)24(29-26(30)32)20-12-10-19(16-27)11-13-20/h3-15,24H,1-2H3,(H,28,31)(H,29,32)/t24-/m0/s1. The Labute approximate surface area is 186 Å². The van der Waals surface area contributed by atoms with Crippen molar-refractivity contribution in [3.63, 3.8) is 0 Å². The zero-order chi connectivity index (χ0) is 22.7. The fraction of sp³-hybridized carbons (Fsp3) is 0.115. The highest BCUT2D eigenvalue weighted by molar-refractivity contribution is 6.09. The fourth-order valence-corrected chi connectivity index (χ4v) is 3.76. The molecule has 0 fully saturated rings. The number of carbonyl (C=O) groups excluding carboxylic acids is 2. The molecule has 2 N–H and O–H groups in total. The third-order valence-electron chi connectivity index (χ3n) is 5.43. The van der Waals surface area contributed by atoms with Crippen molar-refractivity contribution in [3.8, 4) is 6.07 Å². The summed E-state index contributed by atoms with van der Waals surface area (Å²) in [7, 11) is 0. The van der Waals surface area contributed by atoms with E-state index in [-0.39, 0.29) is 11.9 Å². The van der Waals surface area contributed by atoms with E-state index in [4.69, 9.17) is 5.26 Å². The Morgan fingerprint density at radius 1 is 0.969 bits per heavy atom. The molecule has 3 amide bonds. The van der Waals surface area contributed by atoms with Crippen LogP contribution >= 0.6 is 0 Å². The van der Waals surface area contributed by atoms with Crippen LogP contribution in [-0.2, 0) is 4.79 Å². The zero-order valence-electron chi connectivity index (χ0n) is 17.8. The molecule has 0 saturated heterocycles. The summed E-state index contributed by atoms with van der Waals surface area (Å²) in [5.74, 6) is -0.305. The quantitative estimate of drug-likeness (QED) is 0.617. The molecule has 0 saturated carbocycles. The van der Waals surface area contributed by atoms with Gasteiger partial charge in [-0.3, -0.25) is 9.69 Å². The molecule has 0 radical (unpaired) electrons. The van der Waals surface area contributed by atoms with Crippen LogP contribution in [0.5, 0.6) is 0 Å². The molecule has 0 unspecified atom stereocenters. The number of hydrogen-bond acceptors (Lipinski definition) is 3. The minimum Gasteiger partial charge on any atom is -0.326 e. The van der Waals surface area contributed by atoms with Crippen LogP contribution in [0.1, 0.15) is 29.7 Å². The Hall–Kier alpha value is -4.37. The van der Waals surface area contributed by atoms with Gasteiger partial charge in [0.15, 0.2) is 0 Å². The number of urea groups is 1. The van der Waals surface area contributed by atoms with E-state index in [1.54, 1.807) is 31.2 Å². The number of anilines is 2. The van der Waals surface area contributed by atoms with Crippen LogP contribution in [0, 0.1) is 18.3 Å². The van der Waals surface area contributed by atoms with Gasteiger partial charge in [0.25, 0.3) is 5.91 Å². The highest BCUT2D eigenvalue weighted by Gasteiger charge is 2.36. The predicted molar refractivity (Wildman–Crippen MR) is 124 cm³/mol. The molecule has 158 valence electrons. The lowest BCUT2D eigenvalue weighted by molar-refractivity contribution is -0.113. The molecule has 1 atom stereocenters. The summed E-state index contributed by atoms with van der Waals surface area (Å²) in [5.41, 5.74) is 4.61. The summed E-state index contributed by atoms with van der Waals surface area (Å²) in [6.07, 6.45) is 0. The van der Waals surface area contributed by atoms with Crippen LogP contribution in [-0.4, -0.2) is 11.9 Å². The molecular formula is C26H22N4O2. The zero-order valence-corrected chi connectivity index (χ0v) is 17.8. The van der Waals surface area contributed by atoms with Gasteiger partial charge in [-0.05, 0) is 55.8 Å². The Morgan fingerprint density at radius 3 is 2.25 bits per heavy atom. The van der Waals surface area contributed by atoms with Crippen LogP contribution in [0.3, 0.4) is 0 Å². The summed E-state index contributed by atoms with van der Waals surface area (Å²) in [4.78, 5) is 28.1. The Bertz CT molecular complexity index is 1220. The lowest BCUT2D eigenvalue weighted by Gasteiger charge is -2.36. The van der Waals surface area contributed by atoms with Gasteiger partial charge in [-0.15, -0.1) is 0 Å². The number of benzene rings is 3. The minimum atomic E-state index is -0.652. The maximum atomic E-state index is 13.4. The molecule has 0 aromatic heterocycles. The lowest BCUT2D eigenvalue weighted by atomic mass is 9.93. The molecule has 0 bridgehead atoms. The van der Waals surface area contributed by atoms with Crippen LogP contribution < -0.4 is 15.5 Å². The molecule has 32 heavy (non-hydrogen) atoms. The minimum absolute atomic E-state index is 0.305. The van der Waals surface area contributed by atoms with E-state index in [1.165, 1.54) is 4.90 Å². The van der Waals surface area contributed by atoms with Gasteiger partial charge in [0.1, 0.15) is 0 Å². The normalized spacial score (nSPS) is 15.7. The van der Waals surface area contributed by atoms with E-state index in [1.807, 2.05) is 61.5 Å². The second-order valence-corrected chi connectivity index (χ2v) is 7.61. The maximum Gasteiger partial charge on any atom is 0.326 e. The number of aryl methyl sites for hydroxylation is 1. The van der Waals surface area contributed by atoms with Crippen molar-refractivity contribution < 1.29 is 9.59 Å². The Balaban J connectivity index is 1.80. The first-order chi connectivity index (χ1) is 15.5. The topological polar surface area (TPSA) is 85.2 Å². The second-order valence-electron chi connectivity index (χ2n) is 7.61. The lowest BCUT2D eigenvalue weighted by Crippen LogP contribution is -2.48. The Kier molecular flexibility index (Phi) is 5.73. The van der Waals surface area contributed by atoms with Crippen molar-refractivity contribution in [2.24, 2.45) is 0 Å². The van der Waals surface area contributed by atoms with Gasteiger partial charge in [0, 0.05) is 11.4 Å². The largest absolute Gasteiger partial charge is 0.326 e. The highest BCUT2D eigenvalue weighted by Crippen LogP contribution is 2.34. The number of nitriles is 1. The van der Waals surface area contributed by atoms with Crippen molar-refractivity contribution in [1.82, 2.24) is 5.32 Å². The predicted octanol–water partition coefficient (Wildman–Crippen LogP) is 5.05. The maximum absolute atomic E-state index is 13.4. The third-order valence-corrected chi connectivity index (χ3v) is 5.43. The summed E-state index contributed by atoms with van der Waals surface area (Å²) in [5, 5.41) is 15.0. The van der Waals surface area contributed by atoms with Crippen LogP contribution in [0.2, 0.25) is 0 Å². The molecule has 3 aromatic rings. The van der Waals surface area contributed by atoms with Crippen molar-refractivity contribution in [3.05, 3.63) is 107 Å². The van der Waals surface area contributed by atoms with E-state index in [0.29, 0.717) is 28.2 Å². The fourth-order valence-electron chi connectivity index (χ4n) is 3.76. The molecule has 0 spiro atoms. The van der Waals surface area contributed by atoms with E-state index in [0.717, 1.165) is 11.1 Å². The SMILES string of the molecule is CC1=C(C(=O)Nc2ccccc2)[C@H](c2ccc(C#N)cc2)NC(=O)N1c1ccc(C)cc1. The van der Waals surface area contributed by atoms with Crippen LogP contribution in [0.4, 0.5) is 16.2 Å². The van der Waals surface area contributed by atoms with Crippen molar-refractivity contribution in [2.45, 2.75) is 19.9 Å². The molecule has 1 aliphatic heterocycles. The second kappa shape index (κ2) is 8.78. The first-order valence-electron chi connectivity index (χ1n) is 10.2. The van der Waals surface area contributed by atoms with Gasteiger partial charge in [0.05, 0.1) is 28.9 Å². The van der Waals surface area contributed by atoms with Crippen LogP contribution in [0.15, 0.2) is 90.1 Å². The molecule has 1 aliphatic rings. The molecule has 4 rings (SSSR count). The average Bonchev–Trinajstić information content (AvgIpc) is 2.80. The van der Waals surface area contributed by atoms with Gasteiger partial charge in [0.2, 0.25) is 0 Å². The number of amides is 3. The van der Waals surface area contributed by atoms with Gasteiger partial charge in [-0.2, -0.15) is 5.26 Å². The third kappa shape index (κ3) is 4.09. The van der Waals surface area contributed by atoms with Crippen molar-refractivity contribution >= 4 is 23.3 Å². The molecule has 0 aliphatic carbocycles. The summed E-state index contributed by atoms with van der Waals surface area (Å²) < 4.78 is 0. The number of rotatable bonds is 4. The smallest absolute Gasteiger partial charge is 0.326 e. The van der Waals surface area contributed by atoms with E-state index in [9.17, 15) is 9.59 Å².